The number of nitrogens with one attached hydrogen (secondary N) is 1. The lowest BCUT2D eigenvalue weighted by molar-refractivity contribution is -0.141. The molecule has 1 heterocycles. The average molecular weight is 361 g/mol. The molecule has 1 N–H and O–H groups in total. The van der Waals surface area contributed by atoms with Gasteiger partial charge in [0, 0.05) is 5.69 Å². The topological polar surface area (TPSA) is 85.5 Å². The van der Waals surface area contributed by atoms with Crippen LogP contribution < -0.4 is 0 Å². The van der Waals surface area contributed by atoms with Crippen LogP contribution in [0.5, 0.6) is 0 Å². The van der Waals surface area contributed by atoms with Crippen molar-refractivity contribution in [2.45, 2.75) is 27.2 Å². The van der Waals surface area contributed by atoms with E-state index in [0.29, 0.717) is 22.4 Å². The van der Waals surface area contributed by atoms with Gasteiger partial charge in [-0.1, -0.05) is 12.1 Å². The lowest BCUT2D eigenvalue weighted by atomic mass is 10.1. The normalized spacial score (nSPS) is 10.5. The highest BCUT2D eigenvalue weighted by Gasteiger charge is 2.23. The van der Waals surface area contributed by atoms with Crippen LogP contribution in [0.3, 0.4) is 0 Å². The molecule has 0 bridgehead atoms. The lowest BCUT2D eigenvalue weighted by Gasteiger charge is -2.05. The number of benzene rings is 1. The Bertz CT molecular complexity index is 840. The highest BCUT2D eigenvalue weighted by Crippen LogP contribution is 2.19. The van der Waals surface area contributed by atoms with E-state index in [9.17, 15) is 18.8 Å². The van der Waals surface area contributed by atoms with E-state index in [2.05, 4.69) is 4.98 Å². The van der Waals surface area contributed by atoms with Crippen molar-refractivity contribution >= 4 is 17.7 Å². The first-order chi connectivity index (χ1) is 12.3. The van der Waals surface area contributed by atoms with E-state index in [1.807, 2.05) is 0 Å². The van der Waals surface area contributed by atoms with Gasteiger partial charge in [-0.2, -0.15) is 0 Å². The van der Waals surface area contributed by atoms with Crippen molar-refractivity contribution in [3.8, 4) is 0 Å². The summed E-state index contributed by atoms with van der Waals surface area (Å²) < 4.78 is 23.0. The molecular formula is C19H20FNO5. The van der Waals surface area contributed by atoms with Crippen LogP contribution in [0.2, 0.25) is 0 Å². The third-order valence-corrected chi connectivity index (χ3v) is 3.80. The second kappa shape index (κ2) is 8.42. The summed E-state index contributed by atoms with van der Waals surface area (Å²) in [6, 6.07) is 5.59. The monoisotopic (exact) mass is 361 g/mol. The Morgan fingerprint density at radius 2 is 1.88 bits per heavy atom. The zero-order valence-corrected chi connectivity index (χ0v) is 14.8. The van der Waals surface area contributed by atoms with Crippen LogP contribution in [0.15, 0.2) is 24.3 Å². The number of hydrogen-bond acceptors (Lipinski definition) is 5. The fourth-order valence-electron chi connectivity index (χ4n) is 2.62. The van der Waals surface area contributed by atoms with E-state index in [-0.39, 0.29) is 18.7 Å². The van der Waals surface area contributed by atoms with Gasteiger partial charge in [0.25, 0.3) is 0 Å². The lowest BCUT2D eigenvalue weighted by Crippen LogP contribution is -2.17. The number of rotatable bonds is 7. The number of ketones is 1. The minimum absolute atomic E-state index is 0.137. The summed E-state index contributed by atoms with van der Waals surface area (Å²) >= 11 is 0. The first kappa shape index (κ1) is 19.4. The summed E-state index contributed by atoms with van der Waals surface area (Å²) in [5.41, 5.74) is 1.92. The van der Waals surface area contributed by atoms with E-state index >= 15 is 0 Å². The van der Waals surface area contributed by atoms with Crippen LogP contribution in [0.1, 0.15) is 44.6 Å². The maximum Gasteiger partial charge on any atom is 0.340 e. The first-order valence-corrected chi connectivity index (χ1v) is 8.13. The number of esters is 2. The molecule has 26 heavy (non-hydrogen) atoms. The molecule has 0 atom stereocenters. The molecule has 7 heteroatoms. The Kier molecular flexibility index (Phi) is 6.27. The number of carbonyl (C=O) groups excluding carboxylic acids is 3. The molecule has 0 unspecified atom stereocenters. The van der Waals surface area contributed by atoms with Gasteiger partial charge in [0.2, 0.25) is 5.78 Å². The molecule has 0 aliphatic rings. The number of aromatic amines is 1. The van der Waals surface area contributed by atoms with Gasteiger partial charge in [0.15, 0.2) is 6.61 Å². The number of aromatic nitrogens is 1. The largest absolute Gasteiger partial charge is 0.462 e. The Balaban J connectivity index is 2.01. The highest BCUT2D eigenvalue weighted by molar-refractivity contribution is 6.02. The van der Waals surface area contributed by atoms with Gasteiger partial charge < -0.3 is 14.5 Å². The summed E-state index contributed by atoms with van der Waals surface area (Å²) in [7, 11) is 0. The second-order valence-electron chi connectivity index (χ2n) is 5.74. The molecular weight excluding hydrogens is 341 g/mol. The standard InChI is InChI=1S/C19H20FNO5/c1-4-25-19(24)17-11(2)18(21-12(17)3)15(22)10-26-16(23)9-13-6-5-7-14(20)8-13/h5-8,21H,4,9-10H2,1-3H3. The molecule has 2 rings (SSSR count). The SMILES string of the molecule is CCOC(=O)c1c(C)[nH]c(C(=O)COC(=O)Cc2cccc(F)c2)c1C. The molecule has 0 saturated heterocycles. The molecule has 0 aliphatic carbocycles. The molecule has 0 amide bonds. The minimum Gasteiger partial charge on any atom is -0.462 e. The molecule has 1 aromatic heterocycles. The molecule has 1 aromatic carbocycles. The van der Waals surface area contributed by atoms with Crippen molar-refractivity contribution in [1.29, 1.82) is 0 Å². The van der Waals surface area contributed by atoms with Crippen LogP contribution in [0.4, 0.5) is 4.39 Å². The van der Waals surface area contributed by atoms with Crippen LogP contribution in [0, 0.1) is 19.7 Å². The number of Topliss-reactive ketones (excluding diaryl/α,β-unsaturated/α-hetero) is 1. The van der Waals surface area contributed by atoms with Crippen LogP contribution in [-0.4, -0.2) is 35.9 Å². The molecule has 0 fully saturated rings. The molecule has 0 aliphatic heterocycles. The minimum atomic E-state index is -0.643. The summed E-state index contributed by atoms with van der Waals surface area (Å²) in [4.78, 5) is 38.9. The maximum absolute atomic E-state index is 13.1. The van der Waals surface area contributed by atoms with Gasteiger partial charge in [0.05, 0.1) is 24.3 Å². The zero-order valence-electron chi connectivity index (χ0n) is 14.8. The molecule has 0 saturated carbocycles. The Labute approximate surface area is 150 Å². The van der Waals surface area contributed by atoms with E-state index in [1.165, 1.54) is 18.2 Å². The molecule has 6 nitrogen and oxygen atoms in total. The van der Waals surface area contributed by atoms with Gasteiger partial charge in [0.1, 0.15) is 5.82 Å². The summed E-state index contributed by atoms with van der Waals surface area (Å²) in [6.07, 6.45) is -0.137. The summed E-state index contributed by atoms with van der Waals surface area (Å²) in [5.74, 6) is -2.07. The Hall–Kier alpha value is -2.96. The van der Waals surface area contributed by atoms with Gasteiger partial charge >= 0.3 is 11.9 Å². The predicted octanol–water partition coefficient (Wildman–Crippen LogP) is 2.92. The highest BCUT2D eigenvalue weighted by atomic mass is 19.1. The third kappa shape index (κ3) is 4.56. The summed E-state index contributed by atoms with van der Waals surface area (Å²) in [6.45, 7) is 4.73. The van der Waals surface area contributed by atoms with Crippen LogP contribution in [0.25, 0.3) is 0 Å². The molecule has 2 aromatic rings. The number of ether oxygens (including phenoxy) is 2. The zero-order chi connectivity index (χ0) is 19.3. The fraction of sp³-hybridized carbons (Fsp3) is 0.316. The maximum atomic E-state index is 13.1. The number of H-pyrrole nitrogens is 1. The van der Waals surface area contributed by atoms with Crippen molar-refractivity contribution < 1.29 is 28.2 Å². The van der Waals surface area contributed by atoms with Gasteiger partial charge in [-0.25, -0.2) is 9.18 Å². The van der Waals surface area contributed by atoms with Gasteiger partial charge in [-0.05, 0) is 44.0 Å². The van der Waals surface area contributed by atoms with Gasteiger partial charge in [-0.15, -0.1) is 0 Å². The number of aryl methyl sites for hydroxylation is 1. The van der Waals surface area contributed by atoms with Crippen molar-refractivity contribution in [2.24, 2.45) is 0 Å². The van der Waals surface area contributed by atoms with E-state index < -0.39 is 30.1 Å². The van der Waals surface area contributed by atoms with Crippen molar-refractivity contribution in [3.63, 3.8) is 0 Å². The smallest absolute Gasteiger partial charge is 0.340 e. The van der Waals surface area contributed by atoms with Crippen molar-refractivity contribution in [3.05, 3.63) is 58.2 Å². The van der Waals surface area contributed by atoms with Crippen LogP contribution in [-0.2, 0) is 20.7 Å². The molecule has 138 valence electrons. The van der Waals surface area contributed by atoms with E-state index in [0.717, 1.165) is 0 Å². The van der Waals surface area contributed by atoms with Crippen LogP contribution >= 0.6 is 0 Å². The number of carbonyl (C=O) groups is 3. The Morgan fingerprint density at radius 1 is 1.15 bits per heavy atom. The molecule has 0 radical (unpaired) electrons. The van der Waals surface area contributed by atoms with Crippen molar-refractivity contribution in [2.75, 3.05) is 13.2 Å². The number of hydrogen-bond donors (Lipinski definition) is 1. The molecule has 0 spiro atoms. The average Bonchev–Trinajstić information content (AvgIpc) is 2.87. The van der Waals surface area contributed by atoms with E-state index in [1.54, 1.807) is 26.8 Å². The fourth-order valence-corrected chi connectivity index (χ4v) is 2.62. The van der Waals surface area contributed by atoms with E-state index in [4.69, 9.17) is 9.47 Å². The quantitative estimate of drug-likeness (QED) is 0.605. The third-order valence-electron chi connectivity index (χ3n) is 3.80. The van der Waals surface area contributed by atoms with Gasteiger partial charge in [-0.3, -0.25) is 9.59 Å². The number of halogens is 1. The predicted molar refractivity (Wildman–Crippen MR) is 91.6 cm³/mol. The Morgan fingerprint density at radius 3 is 2.54 bits per heavy atom. The second-order valence-corrected chi connectivity index (χ2v) is 5.74. The van der Waals surface area contributed by atoms with Crippen molar-refractivity contribution in [1.82, 2.24) is 4.98 Å². The summed E-state index contributed by atoms with van der Waals surface area (Å²) in [5, 5.41) is 0. The first-order valence-electron chi connectivity index (χ1n) is 8.13.